The van der Waals surface area contributed by atoms with Gasteiger partial charge in [0.05, 0.1) is 17.1 Å². The molecule has 0 radical (unpaired) electrons. The van der Waals surface area contributed by atoms with Gasteiger partial charge < -0.3 is 0 Å². The van der Waals surface area contributed by atoms with Gasteiger partial charge in [-0.05, 0) is 92.7 Å². The van der Waals surface area contributed by atoms with E-state index in [1.807, 2.05) is 18.5 Å². The maximum Gasteiger partial charge on any atom is 0.141 e. The second kappa shape index (κ2) is 6.25. The summed E-state index contributed by atoms with van der Waals surface area (Å²) in [6, 6.07) is 25.0. The third-order valence-electron chi connectivity index (χ3n) is 8.37. The topological polar surface area (TPSA) is 29.0 Å². The smallest absolute Gasteiger partial charge is 0.141 e. The average Bonchev–Trinajstić information content (AvgIpc) is 3.44. The van der Waals surface area contributed by atoms with E-state index in [1.54, 1.807) is 0 Å². The van der Waals surface area contributed by atoms with Gasteiger partial charge in [0.1, 0.15) is 5.82 Å². The van der Waals surface area contributed by atoms with E-state index < -0.39 is 0 Å². The highest BCUT2D eigenvalue weighted by molar-refractivity contribution is 5.97. The van der Waals surface area contributed by atoms with Crippen molar-refractivity contribution in [3.63, 3.8) is 0 Å². The molecule has 0 saturated carbocycles. The fourth-order valence-electron chi connectivity index (χ4n) is 6.92. The SMILES string of the molecule is c1ccc2c(c1)Cc1ccc3c(c1-2)-c1cc2c(cc1C3)N1c3ncccc3Cc3nccc(c31)C2. The lowest BCUT2D eigenvalue weighted by Crippen LogP contribution is -2.26. The normalized spacial score (nSPS) is 14.9. The summed E-state index contributed by atoms with van der Waals surface area (Å²) in [5.41, 5.74) is 19.2. The first-order valence-electron chi connectivity index (χ1n) is 12.4. The number of hydrogen-bond acceptors (Lipinski definition) is 3. The molecule has 0 N–H and O–H groups in total. The van der Waals surface area contributed by atoms with Crippen LogP contribution in [0.4, 0.5) is 17.2 Å². The summed E-state index contributed by atoms with van der Waals surface area (Å²) < 4.78 is 0. The summed E-state index contributed by atoms with van der Waals surface area (Å²) in [5, 5.41) is 0. The maximum absolute atomic E-state index is 4.85. The monoisotopic (exact) mass is 447 g/mol. The second-order valence-electron chi connectivity index (χ2n) is 10.2. The Morgan fingerprint density at radius 2 is 1.34 bits per heavy atom. The summed E-state index contributed by atoms with van der Waals surface area (Å²) in [4.78, 5) is 12.0. The van der Waals surface area contributed by atoms with Gasteiger partial charge in [-0.2, -0.15) is 0 Å². The molecule has 3 nitrogen and oxygen atoms in total. The molecule has 4 heterocycles. The number of anilines is 3. The molecule has 4 aliphatic rings. The van der Waals surface area contributed by atoms with Crippen LogP contribution in [-0.2, 0) is 25.7 Å². The molecular weight excluding hydrogens is 426 g/mol. The van der Waals surface area contributed by atoms with E-state index in [0.29, 0.717) is 0 Å². The minimum Gasteiger partial charge on any atom is -0.292 e. The van der Waals surface area contributed by atoms with Gasteiger partial charge in [0, 0.05) is 30.8 Å². The molecule has 0 atom stereocenters. The van der Waals surface area contributed by atoms with Gasteiger partial charge in [0.15, 0.2) is 0 Å². The zero-order valence-electron chi connectivity index (χ0n) is 19.2. The Hall–Kier alpha value is -4.24. The fraction of sp³-hybridized carbons (Fsp3) is 0.125. The summed E-state index contributed by atoms with van der Waals surface area (Å²) in [6.45, 7) is 0. The summed E-state index contributed by atoms with van der Waals surface area (Å²) in [5.74, 6) is 1.06. The Morgan fingerprint density at radius 3 is 2.29 bits per heavy atom. The van der Waals surface area contributed by atoms with Crippen LogP contribution < -0.4 is 4.90 Å². The minimum absolute atomic E-state index is 0.847. The highest BCUT2D eigenvalue weighted by atomic mass is 15.2. The van der Waals surface area contributed by atoms with Crippen LogP contribution in [0, 0.1) is 0 Å². The van der Waals surface area contributed by atoms with E-state index >= 15 is 0 Å². The van der Waals surface area contributed by atoms with Crippen molar-refractivity contribution in [2.45, 2.75) is 25.7 Å². The van der Waals surface area contributed by atoms with Gasteiger partial charge in [-0.15, -0.1) is 0 Å². The third kappa shape index (κ3) is 2.26. The molecular formula is C32H21N3. The fourth-order valence-corrected chi connectivity index (χ4v) is 6.92. The highest BCUT2D eigenvalue weighted by Gasteiger charge is 2.35. The van der Waals surface area contributed by atoms with E-state index in [2.05, 4.69) is 65.6 Å². The predicted octanol–water partition coefficient (Wildman–Crippen LogP) is 6.90. The summed E-state index contributed by atoms with van der Waals surface area (Å²) in [7, 11) is 0. The number of hydrogen-bond donors (Lipinski definition) is 0. The molecule has 0 amide bonds. The lowest BCUT2D eigenvalue weighted by Gasteiger charge is -2.38. The first-order valence-corrected chi connectivity index (χ1v) is 12.4. The van der Waals surface area contributed by atoms with Crippen LogP contribution in [0.1, 0.15) is 44.6 Å². The lowest BCUT2D eigenvalue weighted by molar-refractivity contribution is 0.938. The van der Waals surface area contributed by atoms with Crippen molar-refractivity contribution in [2.24, 2.45) is 0 Å². The predicted molar refractivity (Wildman–Crippen MR) is 139 cm³/mol. The van der Waals surface area contributed by atoms with E-state index in [1.165, 1.54) is 72.6 Å². The van der Waals surface area contributed by atoms with Crippen LogP contribution >= 0.6 is 0 Å². The number of rotatable bonds is 0. The van der Waals surface area contributed by atoms with E-state index in [0.717, 1.165) is 37.2 Å². The number of aromatic nitrogens is 2. The van der Waals surface area contributed by atoms with E-state index in [4.69, 9.17) is 9.97 Å². The number of pyridine rings is 2. The van der Waals surface area contributed by atoms with Crippen LogP contribution in [0.2, 0.25) is 0 Å². The molecule has 5 aromatic rings. The van der Waals surface area contributed by atoms with Gasteiger partial charge >= 0.3 is 0 Å². The third-order valence-corrected chi connectivity index (χ3v) is 8.37. The van der Waals surface area contributed by atoms with Gasteiger partial charge in [0.25, 0.3) is 0 Å². The molecule has 3 aromatic carbocycles. The Bertz CT molecular complexity index is 1760. The standard InChI is InChI=1S/C32H21N3/c1-2-6-25-18(4-1)12-19-7-8-20-13-23-17-28-24(15-26(23)30(20)29(19)25)14-21-9-11-33-27-16-22-5-3-10-34-32(22)35(28)31(21)27/h1-11,15,17H,12-14,16H2. The van der Waals surface area contributed by atoms with Crippen LogP contribution in [0.3, 0.4) is 0 Å². The average molecular weight is 448 g/mol. The molecule has 0 fully saturated rings. The number of nitrogens with zero attached hydrogens (tertiary/aromatic N) is 3. The molecule has 164 valence electrons. The zero-order chi connectivity index (χ0) is 22.7. The van der Waals surface area contributed by atoms with Crippen molar-refractivity contribution in [1.82, 2.24) is 9.97 Å². The molecule has 35 heavy (non-hydrogen) atoms. The highest BCUT2D eigenvalue weighted by Crippen LogP contribution is 2.54. The van der Waals surface area contributed by atoms with Crippen molar-refractivity contribution in [1.29, 1.82) is 0 Å². The van der Waals surface area contributed by atoms with Gasteiger partial charge in [0.2, 0.25) is 0 Å². The van der Waals surface area contributed by atoms with Crippen molar-refractivity contribution < 1.29 is 0 Å². The zero-order valence-corrected chi connectivity index (χ0v) is 19.2. The van der Waals surface area contributed by atoms with Gasteiger partial charge in [-0.3, -0.25) is 9.88 Å². The summed E-state index contributed by atoms with van der Waals surface area (Å²) in [6.07, 6.45) is 7.71. The second-order valence-corrected chi connectivity index (χ2v) is 10.2. The Balaban J connectivity index is 1.30. The molecule has 0 unspecified atom stereocenters. The van der Waals surface area contributed by atoms with Crippen molar-refractivity contribution in [2.75, 3.05) is 4.90 Å². The molecule has 0 bridgehead atoms. The van der Waals surface area contributed by atoms with Crippen LogP contribution in [0.15, 0.2) is 79.1 Å². The quantitative estimate of drug-likeness (QED) is 0.253. The number of fused-ring (bicyclic) bond motifs is 11. The molecule has 2 aliphatic carbocycles. The maximum atomic E-state index is 4.85. The molecule has 0 saturated heterocycles. The van der Waals surface area contributed by atoms with Crippen LogP contribution in [-0.4, -0.2) is 9.97 Å². The van der Waals surface area contributed by atoms with E-state index in [9.17, 15) is 0 Å². The van der Waals surface area contributed by atoms with E-state index in [-0.39, 0.29) is 0 Å². The minimum atomic E-state index is 0.847. The van der Waals surface area contributed by atoms with Crippen molar-refractivity contribution in [3.8, 4) is 22.3 Å². The first-order chi connectivity index (χ1) is 17.3. The van der Waals surface area contributed by atoms with Gasteiger partial charge in [-0.25, -0.2) is 4.98 Å². The molecule has 0 spiro atoms. The van der Waals surface area contributed by atoms with Crippen molar-refractivity contribution >= 4 is 17.2 Å². The first kappa shape index (κ1) is 18.1. The van der Waals surface area contributed by atoms with Crippen LogP contribution in [0.5, 0.6) is 0 Å². The van der Waals surface area contributed by atoms with Crippen LogP contribution in [0.25, 0.3) is 22.3 Å². The Kier molecular flexibility index (Phi) is 3.24. The van der Waals surface area contributed by atoms with Gasteiger partial charge in [-0.1, -0.05) is 42.5 Å². The lowest BCUT2D eigenvalue weighted by atomic mass is 9.87. The largest absolute Gasteiger partial charge is 0.292 e. The Morgan fingerprint density at radius 1 is 0.543 bits per heavy atom. The molecule has 9 rings (SSSR count). The summed E-state index contributed by atoms with van der Waals surface area (Å²) >= 11 is 0. The molecule has 2 aliphatic heterocycles. The molecule has 3 heteroatoms. The molecule has 2 aromatic heterocycles. The van der Waals surface area contributed by atoms with Crippen molar-refractivity contribution in [3.05, 3.63) is 124 Å². The number of benzene rings is 3. The Labute approximate surface area is 203 Å².